The van der Waals surface area contributed by atoms with E-state index in [0.29, 0.717) is 5.92 Å². The first-order valence-electron chi connectivity index (χ1n) is 6.22. The van der Waals surface area contributed by atoms with Gasteiger partial charge in [0, 0.05) is 0 Å². The van der Waals surface area contributed by atoms with E-state index in [-0.39, 0.29) is 0 Å². The van der Waals surface area contributed by atoms with Crippen LogP contribution in [0.1, 0.15) is 55.2 Å². The van der Waals surface area contributed by atoms with Crippen molar-refractivity contribution in [3.63, 3.8) is 0 Å². The summed E-state index contributed by atoms with van der Waals surface area (Å²) in [5, 5.41) is 0. The highest BCUT2D eigenvalue weighted by Gasteiger charge is 2.15. The van der Waals surface area contributed by atoms with E-state index < -0.39 is 12.7 Å². The second-order valence-corrected chi connectivity index (χ2v) is 4.76. The van der Waals surface area contributed by atoms with Gasteiger partial charge in [-0.1, -0.05) is 43.5 Å². The first-order chi connectivity index (χ1) is 7.81. The molecule has 0 heterocycles. The van der Waals surface area contributed by atoms with Gasteiger partial charge in [0.1, 0.15) is 6.67 Å². The Labute approximate surface area is 96.9 Å². The first kappa shape index (κ1) is 11.6. The highest BCUT2D eigenvalue weighted by molar-refractivity contribution is 5.27. The van der Waals surface area contributed by atoms with Gasteiger partial charge in [-0.15, -0.1) is 0 Å². The number of nitrogens with two attached hydrogens (primary N) is 1. The molecule has 1 atom stereocenters. The van der Waals surface area contributed by atoms with Crippen molar-refractivity contribution in [2.45, 2.75) is 44.1 Å². The van der Waals surface area contributed by atoms with Crippen molar-refractivity contribution in [3.8, 4) is 0 Å². The molecule has 0 amide bonds. The van der Waals surface area contributed by atoms with Gasteiger partial charge in [0.25, 0.3) is 0 Å². The fourth-order valence-electron chi connectivity index (χ4n) is 2.54. The lowest BCUT2D eigenvalue weighted by atomic mass is 9.84. The number of alkyl halides is 1. The van der Waals surface area contributed by atoms with Crippen molar-refractivity contribution < 1.29 is 4.39 Å². The minimum absolute atomic E-state index is 0.458. The van der Waals surface area contributed by atoms with Crippen molar-refractivity contribution in [2.24, 2.45) is 5.73 Å². The molecule has 16 heavy (non-hydrogen) atoms. The fraction of sp³-hybridized carbons (Fsp3) is 0.571. The van der Waals surface area contributed by atoms with E-state index in [9.17, 15) is 4.39 Å². The van der Waals surface area contributed by atoms with Crippen molar-refractivity contribution in [3.05, 3.63) is 35.4 Å². The smallest absolute Gasteiger partial charge is 0.109 e. The van der Waals surface area contributed by atoms with E-state index in [0.717, 1.165) is 5.56 Å². The monoisotopic (exact) mass is 221 g/mol. The third-order valence-corrected chi connectivity index (χ3v) is 3.61. The normalized spacial score (nSPS) is 19.6. The Balaban J connectivity index is 2.06. The van der Waals surface area contributed by atoms with E-state index in [2.05, 4.69) is 12.1 Å². The third-order valence-electron chi connectivity index (χ3n) is 3.61. The summed E-state index contributed by atoms with van der Waals surface area (Å²) in [6.07, 6.45) is 6.66. The minimum atomic E-state index is -0.483. The summed E-state index contributed by atoms with van der Waals surface area (Å²) in [4.78, 5) is 0. The largest absolute Gasteiger partial charge is 0.322 e. The second kappa shape index (κ2) is 5.44. The third kappa shape index (κ3) is 2.62. The topological polar surface area (TPSA) is 26.0 Å². The van der Waals surface area contributed by atoms with Crippen LogP contribution in [0.25, 0.3) is 0 Å². The summed E-state index contributed by atoms with van der Waals surface area (Å²) in [7, 11) is 0. The molecule has 0 radical (unpaired) electrons. The number of halogens is 1. The zero-order valence-electron chi connectivity index (χ0n) is 9.66. The van der Waals surface area contributed by atoms with Crippen LogP contribution in [-0.2, 0) is 0 Å². The number of benzene rings is 1. The predicted octanol–water partition coefficient (Wildman–Crippen LogP) is 3.70. The van der Waals surface area contributed by atoms with Crippen LogP contribution in [0.15, 0.2) is 24.3 Å². The molecule has 2 N–H and O–H groups in total. The Kier molecular flexibility index (Phi) is 3.94. The molecule has 0 spiro atoms. The molecule has 1 saturated carbocycles. The van der Waals surface area contributed by atoms with Crippen LogP contribution >= 0.6 is 0 Å². The highest BCUT2D eigenvalue weighted by atomic mass is 19.1. The summed E-state index contributed by atoms with van der Waals surface area (Å²) in [6, 6.07) is 7.75. The van der Waals surface area contributed by atoms with Crippen LogP contribution in [0, 0.1) is 0 Å². The molecular formula is C14H20FN. The van der Waals surface area contributed by atoms with Gasteiger partial charge in [-0.25, -0.2) is 4.39 Å². The molecule has 0 aromatic heterocycles. The molecule has 2 heteroatoms. The van der Waals surface area contributed by atoms with Crippen molar-refractivity contribution in [1.29, 1.82) is 0 Å². The Morgan fingerprint density at radius 3 is 2.31 bits per heavy atom. The maximum atomic E-state index is 12.4. The Hall–Kier alpha value is -0.890. The van der Waals surface area contributed by atoms with Crippen molar-refractivity contribution >= 4 is 0 Å². The lowest BCUT2D eigenvalue weighted by Crippen LogP contribution is -2.12. The maximum Gasteiger partial charge on any atom is 0.109 e. The number of rotatable bonds is 3. The van der Waals surface area contributed by atoms with Gasteiger partial charge in [-0.05, 0) is 29.9 Å². The molecule has 1 aromatic rings. The van der Waals surface area contributed by atoms with Crippen LogP contribution < -0.4 is 5.73 Å². The van der Waals surface area contributed by atoms with Gasteiger partial charge >= 0.3 is 0 Å². The number of hydrogen-bond donors (Lipinski definition) is 1. The van der Waals surface area contributed by atoms with Crippen LogP contribution in [-0.4, -0.2) is 6.67 Å². The average Bonchev–Trinajstić information content (AvgIpc) is 2.39. The molecule has 1 nitrogen and oxygen atoms in total. The zero-order valence-corrected chi connectivity index (χ0v) is 9.66. The first-order valence-corrected chi connectivity index (χ1v) is 6.22. The molecule has 1 unspecified atom stereocenters. The van der Waals surface area contributed by atoms with E-state index in [4.69, 9.17) is 5.73 Å². The van der Waals surface area contributed by atoms with Crippen LogP contribution in [0.4, 0.5) is 4.39 Å². The van der Waals surface area contributed by atoms with E-state index in [1.165, 1.54) is 37.7 Å². The lowest BCUT2D eigenvalue weighted by molar-refractivity contribution is 0.435. The van der Waals surface area contributed by atoms with E-state index in [1.807, 2.05) is 12.1 Å². The lowest BCUT2D eigenvalue weighted by Gasteiger charge is -2.22. The van der Waals surface area contributed by atoms with Gasteiger partial charge in [-0.2, -0.15) is 0 Å². The van der Waals surface area contributed by atoms with Crippen LogP contribution in [0.3, 0.4) is 0 Å². The predicted molar refractivity (Wildman–Crippen MR) is 65.2 cm³/mol. The fourth-order valence-corrected chi connectivity index (χ4v) is 2.54. The summed E-state index contributed by atoms with van der Waals surface area (Å²) < 4.78 is 12.4. The van der Waals surface area contributed by atoms with E-state index in [1.54, 1.807) is 0 Å². The number of hydrogen-bond acceptors (Lipinski definition) is 1. The second-order valence-electron chi connectivity index (χ2n) is 4.76. The van der Waals surface area contributed by atoms with Gasteiger partial charge in [0.05, 0.1) is 6.04 Å². The molecule has 1 aliphatic carbocycles. The average molecular weight is 221 g/mol. The van der Waals surface area contributed by atoms with E-state index >= 15 is 0 Å². The molecule has 2 rings (SSSR count). The summed E-state index contributed by atoms with van der Waals surface area (Å²) in [5.74, 6) is 0.712. The Bertz CT molecular complexity index is 314. The van der Waals surface area contributed by atoms with Crippen LogP contribution in [0.5, 0.6) is 0 Å². The van der Waals surface area contributed by atoms with Gasteiger partial charge in [0.2, 0.25) is 0 Å². The minimum Gasteiger partial charge on any atom is -0.322 e. The van der Waals surface area contributed by atoms with Crippen molar-refractivity contribution in [2.75, 3.05) is 6.67 Å². The van der Waals surface area contributed by atoms with Crippen LogP contribution in [0.2, 0.25) is 0 Å². The quantitative estimate of drug-likeness (QED) is 0.827. The SMILES string of the molecule is NC(CF)c1ccc(C2CCCCC2)cc1. The molecule has 0 saturated heterocycles. The molecule has 1 aromatic carbocycles. The maximum absolute atomic E-state index is 12.4. The Morgan fingerprint density at radius 2 is 1.75 bits per heavy atom. The van der Waals surface area contributed by atoms with Gasteiger partial charge in [0.15, 0.2) is 0 Å². The zero-order chi connectivity index (χ0) is 11.4. The molecule has 0 aliphatic heterocycles. The standard InChI is InChI=1S/C14H20FN/c15-10-14(16)13-8-6-12(7-9-13)11-4-2-1-3-5-11/h6-9,11,14H,1-5,10,16H2. The van der Waals surface area contributed by atoms with Gasteiger partial charge in [-0.3, -0.25) is 0 Å². The molecule has 1 aliphatic rings. The van der Waals surface area contributed by atoms with Gasteiger partial charge < -0.3 is 5.73 Å². The summed E-state index contributed by atoms with van der Waals surface area (Å²) in [5.41, 5.74) is 7.95. The summed E-state index contributed by atoms with van der Waals surface area (Å²) >= 11 is 0. The summed E-state index contributed by atoms with van der Waals surface area (Å²) in [6.45, 7) is -0.483. The molecule has 0 bridgehead atoms. The highest BCUT2D eigenvalue weighted by Crippen LogP contribution is 2.32. The molecule has 1 fully saturated rings. The Morgan fingerprint density at radius 1 is 1.12 bits per heavy atom. The van der Waals surface area contributed by atoms with Crippen molar-refractivity contribution in [1.82, 2.24) is 0 Å². The molecular weight excluding hydrogens is 201 g/mol. The molecule has 88 valence electrons.